The van der Waals surface area contributed by atoms with E-state index >= 15 is 0 Å². The van der Waals surface area contributed by atoms with E-state index in [9.17, 15) is 35.4 Å². The number of fused-ring (bicyclic) bond motifs is 1. The fourth-order valence-corrected chi connectivity index (χ4v) is 4.17. The van der Waals surface area contributed by atoms with Gasteiger partial charge in [0.15, 0.2) is 5.78 Å². The Bertz CT molecular complexity index is 1040. The number of phenolic OH excluding ortho intramolecular Hbond substituents is 4. The smallest absolute Gasteiger partial charge is 0.174 e. The number of phenols is 4. The average Bonchev–Trinajstić information content (AvgIpc) is 2.65. The molecule has 0 spiro atoms. The SMILES string of the molecule is CC(C)(O)CCCC(C)(O)CCc1c(O)ccc(C2CC(=O)c3c(O)cc(O)cc3O2)c1O. The van der Waals surface area contributed by atoms with Crippen LogP contribution in [0.2, 0.25) is 0 Å². The largest absolute Gasteiger partial charge is 0.508 e. The van der Waals surface area contributed by atoms with Gasteiger partial charge < -0.3 is 35.4 Å². The van der Waals surface area contributed by atoms with Crippen LogP contribution in [0.1, 0.15) is 80.5 Å². The lowest BCUT2D eigenvalue weighted by molar-refractivity contribution is 0.0240. The lowest BCUT2D eigenvalue weighted by Gasteiger charge is -2.28. The van der Waals surface area contributed by atoms with Gasteiger partial charge in [0.25, 0.3) is 0 Å². The Labute approximate surface area is 192 Å². The van der Waals surface area contributed by atoms with E-state index in [0.29, 0.717) is 19.3 Å². The van der Waals surface area contributed by atoms with E-state index in [1.807, 2.05) is 0 Å². The summed E-state index contributed by atoms with van der Waals surface area (Å²) in [5.74, 6) is -1.40. The maximum absolute atomic E-state index is 12.6. The summed E-state index contributed by atoms with van der Waals surface area (Å²) in [5, 5.41) is 61.5. The molecule has 0 fully saturated rings. The molecule has 1 aliphatic heterocycles. The van der Waals surface area contributed by atoms with Gasteiger partial charge in [-0.05, 0) is 65.0 Å². The molecule has 0 saturated carbocycles. The van der Waals surface area contributed by atoms with Crippen molar-refractivity contribution < 1.29 is 40.2 Å². The lowest BCUT2D eigenvalue weighted by Crippen LogP contribution is -2.27. The molecule has 0 radical (unpaired) electrons. The third-order valence-corrected chi connectivity index (χ3v) is 6.04. The molecule has 8 nitrogen and oxygen atoms in total. The van der Waals surface area contributed by atoms with E-state index in [1.54, 1.807) is 20.8 Å². The van der Waals surface area contributed by atoms with Gasteiger partial charge >= 0.3 is 0 Å². The van der Waals surface area contributed by atoms with Crippen LogP contribution in [0, 0.1) is 0 Å². The summed E-state index contributed by atoms with van der Waals surface area (Å²) in [5.41, 5.74) is -1.39. The van der Waals surface area contributed by atoms with Gasteiger partial charge in [0.2, 0.25) is 0 Å². The minimum absolute atomic E-state index is 0.0116. The maximum atomic E-state index is 12.6. The summed E-state index contributed by atoms with van der Waals surface area (Å²) in [6, 6.07) is 5.14. The van der Waals surface area contributed by atoms with Crippen molar-refractivity contribution >= 4 is 5.78 Å². The van der Waals surface area contributed by atoms with Crippen molar-refractivity contribution in [2.45, 2.75) is 76.6 Å². The molecular weight excluding hydrogens is 428 g/mol. The summed E-state index contributed by atoms with van der Waals surface area (Å²) < 4.78 is 5.80. The minimum atomic E-state index is -1.06. The van der Waals surface area contributed by atoms with Crippen LogP contribution in [-0.4, -0.2) is 47.6 Å². The van der Waals surface area contributed by atoms with Crippen molar-refractivity contribution in [2.24, 2.45) is 0 Å². The monoisotopic (exact) mass is 460 g/mol. The molecule has 0 saturated heterocycles. The number of ether oxygens (including phenoxy) is 1. The average molecular weight is 461 g/mol. The Balaban J connectivity index is 1.78. The first-order valence-electron chi connectivity index (χ1n) is 11.0. The summed E-state index contributed by atoms with van der Waals surface area (Å²) in [7, 11) is 0. The van der Waals surface area contributed by atoms with Crippen LogP contribution in [-0.2, 0) is 6.42 Å². The predicted octanol–water partition coefficient (Wildman–Crippen LogP) is 3.84. The van der Waals surface area contributed by atoms with Gasteiger partial charge in [0.05, 0.1) is 17.6 Å². The molecule has 0 amide bonds. The van der Waals surface area contributed by atoms with Crippen molar-refractivity contribution in [3.63, 3.8) is 0 Å². The third kappa shape index (κ3) is 5.89. The van der Waals surface area contributed by atoms with Crippen molar-refractivity contribution in [1.82, 2.24) is 0 Å². The van der Waals surface area contributed by atoms with Crippen molar-refractivity contribution in [1.29, 1.82) is 0 Å². The first-order chi connectivity index (χ1) is 15.3. The molecule has 2 aromatic rings. The zero-order valence-electron chi connectivity index (χ0n) is 19.1. The standard InChI is InChI=1S/C25H32O8/c1-24(2,31)8-4-9-25(3,32)10-7-15-17(27)6-5-16(23(15)30)20-13-19(29)22-18(28)11-14(26)12-21(22)33-20/h5-6,11-12,20,26-28,30-32H,4,7-10,13H2,1-3H3. The van der Waals surface area contributed by atoms with Crippen LogP contribution >= 0.6 is 0 Å². The fourth-order valence-electron chi connectivity index (χ4n) is 4.17. The zero-order valence-corrected chi connectivity index (χ0v) is 19.1. The van der Waals surface area contributed by atoms with E-state index in [-0.39, 0.29) is 64.7 Å². The van der Waals surface area contributed by atoms with Crippen LogP contribution in [0.5, 0.6) is 28.7 Å². The Kier molecular flexibility index (Phi) is 6.81. The summed E-state index contributed by atoms with van der Waals surface area (Å²) >= 11 is 0. The van der Waals surface area contributed by atoms with Gasteiger partial charge in [0.1, 0.15) is 40.4 Å². The minimum Gasteiger partial charge on any atom is -0.508 e. The molecule has 33 heavy (non-hydrogen) atoms. The number of aromatic hydroxyl groups is 4. The van der Waals surface area contributed by atoms with Crippen LogP contribution in [0.15, 0.2) is 24.3 Å². The highest BCUT2D eigenvalue weighted by Crippen LogP contribution is 2.45. The number of ketones is 1. The second kappa shape index (κ2) is 9.11. The first kappa shape index (κ1) is 24.7. The fraction of sp³-hybridized carbons (Fsp3) is 0.480. The number of carbonyl (C=O) groups excluding carboxylic acids is 1. The van der Waals surface area contributed by atoms with Crippen molar-refractivity contribution in [3.05, 3.63) is 41.0 Å². The number of aliphatic hydroxyl groups is 2. The van der Waals surface area contributed by atoms with Crippen LogP contribution in [0.25, 0.3) is 0 Å². The Morgan fingerprint density at radius 3 is 2.33 bits per heavy atom. The Morgan fingerprint density at radius 2 is 1.67 bits per heavy atom. The van der Waals surface area contributed by atoms with Gasteiger partial charge in [-0.2, -0.15) is 0 Å². The quantitative estimate of drug-likeness (QED) is 0.348. The number of hydrogen-bond acceptors (Lipinski definition) is 8. The highest BCUT2D eigenvalue weighted by molar-refractivity contribution is 6.02. The van der Waals surface area contributed by atoms with Gasteiger partial charge in [-0.1, -0.05) is 0 Å². The van der Waals surface area contributed by atoms with Crippen molar-refractivity contribution in [2.75, 3.05) is 0 Å². The van der Waals surface area contributed by atoms with E-state index in [0.717, 1.165) is 6.07 Å². The van der Waals surface area contributed by atoms with Gasteiger partial charge in [-0.25, -0.2) is 0 Å². The second-order valence-corrected chi connectivity index (χ2v) is 9.74. The molecule has 3 rings (SSSR count). The van der Waals surface area contributed by atoms with E-state index < -0.39 is 23.1 Å². The number of Topliss-reactive ketones (excluding diaryl/α,β-unsaturated/α-hetero) is 1. The van der Waals surface area contributed by atoms with Crippen LogP contribution < -0.4 is 4.74 Å². The molecule has 0 bridgehead atoms. The number of carbonyl (C=O) groups is 1. The summed E-state index contributed by atoms with van der Waals surface area (Å²) in [6.45, 7) is 5.10. The number of hydrogen-bond donors (Lipinski definition) is 6. The zero-order chi connectivity index (χ0) is 24.6. The molecule has 1 heterocycles. The molecule has 2 atom stereocenters. The van der Waals surface area contributed by atoms with Gasteiger partial charge in [-0.15, -0.1) is 0 Å². The van der Waals surface area contributed by atoms with E-state index in [2.05, 4.69) is 0 Å². The second-order valence-electron chi connectivity index (χ2n) is 9.74. The van der Waals surface area contributed by atoms with E-state index in [4.69, 9.17) is 4.74 Å². The summed E-state index contributed by atoms with van der Waals surface area (Å²) in [6.07, 6.45) is 1.02. The highest BCUT2D eigenvalue weighted by atomic mass is 16.5. The Hall–Kier alpha value is -2.97. The first-order valence-corrected chi connectivity index (χ1v) is 11.0. The maximum Gasteiger partial charge on any atom is 0.174 e. The molecule has 0 aliphatic carbocycles. The predicted molar refractivity (Wildman–Crippen MR) is 121 cm³/mol. The molecular formula is C25H32O8. The molecule has 180 valence electrons. The molecule has 2 aromatic carbocycles. The van der Waals surface area contributed by atoms with Crippen LogP contribution in [0.4, 0.5) is 0 Å². The molecule has 2 unspecified atom stereocenters. The topological polar surface area (TPSA) is 148 Å². The number of rotatable bonds is 8. The molecule has 1 aliphatic rings. The molecule has 6 N–H and O–H groups in total. The van der Waals surface area contributed by atoms with Gasteiger partial charge in [-0.3, -0.25) is 4.79 Å². The van der Waals surface area contributed by atoms with Crippen LogP contribution in [0.3, 0.4) is 0 Å². The lowest BCUT2D eigenvalue weighted by atomic mass is 9.88. The highest BCUT2D eigenvalue weighted by Gasteiger charge is 2.33. The summed E-state index contributed by atoms with van der Waals surface area (Å²) in [4.78, 5) is 12.6. The third-order valence-electron chi connectivity index (χ3n) is 6.04. The van der Waals surface area contributed by atoms with Crippen molar-refractivity contribution in [3.8, 4) is 28.7 Å². The molecule has 0 aromatic heterocycles. The van der Waals surface area contributed by atoms with E-state index in [1.165, 1.54) is 18.2 Å². The molecule has 8 heteroatoms. The Morgan fingerprint density at radius 1 is 0.970 bits per heavy atom. The normalized spacial score (nSPS) is 17.8. The number of benzene rings is 2. The van der Waals surface area contributed by atoms with Gasteiger partial charge in [0, 0.05) is 23.3 Å².